The largest absolute Gasteiger partial charge is 0.497 e. The first-order valence-electron chi connectivity index (χ1n) is 12.0. The van der Waals surface area contributed by atoms with Gasteiger partial charge in [-0.15, -0.1) is 0 Å². The van der Waals surface area contributed by atoms with E-state index in [1.165, 1.54) is 44.4 Å². The Kier molecular flexibility index (Phi) is 9.35. The SMILES string of the molecule is CNC(=O)[C@@H](C)N(Cc1ccccc1)C(=O)CN(c1cc(OC)ccc1OC)S(=O)(=O)c1ccc(C)cc1. The summed E-state index contributed by atoms with van der Waals surface area (Å²) in [6.07, 6.45) is 0. The number of nitrogens with zero attached hydrogens (tertiary/aromatic N) is 2. The fourth-order valence-corrected chi connectivity index (χ4v) is 5.33. The van der Waals surface area contributed by atoms with E-state index >= 15 is 0 Å². The summed E-state index contributed by atoms with van der Waals surface area (Å²) in [6, 6.07) is 19.4. The molecule has 9 nitrogen and oxygen atoms in total. The Labute approximate surface area is 224 Å². The number of carbonyl (C=O) groups is 2. The van der Waals surface area contributed by atoms with Gasteiger partial charge in [-0.25, -0.2) is 8.42 Å². The molecule has 0 aliphatic heterocycles. The number of ether oxygens (including phenoxy) is 2. The van der Waals surface area contributed by atoms with Gasteiger partial charge in [0.15, 0.2) is 0 Å². The minimum atomic E-state index is -4.23. The molecule has 0 aliphatic carbocycles. The molecule has 0 saturated carbocycles. The van der Waals surface area contributed by atoms with Crippen LogP contribution in [0.3, 0.4) is 0 Å². The van der Waals surface area contributed by atoms with Crippen LogP contribution in [0.5, 0.6) is 11.5 Å². The van der Waals surface area contributed by atoms with Gasteiger partial charge in [-0.05, 0) is 43.7 Å². The van der Waals surface area contributed by atoms with Crippen LogP contribution in [0.4, 0.5) is 5.69 Å². The minimum absolute atomic E-state index is 0.00901. The van der Waals surface area contributed by atoms with Crippen molar-refractivity contribution in [1.29, 1.82) is 0 Å². The minimum Gasteiger partial charge on any atom is -0.497 e. The van der Waals surface area contributed by atoms with Crippen LogP contribution in [-0.2, 0) is 26.2 Å². The molecule has 0 unspecified atom stereocenters. The predicted octanol–water partition coefficient (Wildman–Crippen LogP) is 3.37. The van der Waals surface area contributed by atoms with Gasteiger partial charge in [0.05, 0.1) is 24.8 Å². The number of amides is 2. The average molecular weight is 540 g/mol. The summed E-state index contributed by atoms with van der Waals surface area (Å²) < 4.78 is 39.7. The zero-order valence-electron chi connectivity index (χ0n) is 22.2. The number of rotatable bonds is 11. The quantitative estimate of drug-likeness (QED) is 0.401. The molecule has 0 aliphatic rings. The van der Waals surface area contributed by atoms with Gasteiger partial charge >= 0.3 is 0 Å². The number of carbonyl (C=O) groups excluding carboxylic acids is 2. The first kappa shape index (κ1) is 28.5. The number of sulfonamides is 1. The molecule has 1 N–H and O–H groups in total. The van der Waals surface area contributed by atoms with Gasteiger partial charge < -0.3 is 19.7 Å². The Balaban J connectivity index is 2.12. The molecule has 0 heterocycles. The summed E-state index contributed by atoms with van der Waals surface area (Å²) in [6.45, 7) is 2.99. The molecule has 0 radical (unpaired) electrons. The molecule has 2 amide bonds. The zero-order chi connectivity index (χ0) is 27.9. The van der Waals surface area contributed by atoms with Crippen molar-refractivity contribution in [3.05, 3.63) is 83.9 Å². The number of benzene rings is 3. The molecule has 0 spiro atoms. The van der Waals surface area contributed by atoms with E-state index in [-0.39, 0.29) is 28.8 Å². The van der Waals surface area contributed by atoms with Gasteiger partial charge in [0.1, 0.15) is 24.1 Å². The van der Waals surface area contributed by atoms with Crippen molar-refractivity contribution in [2.75, 3.05) is 32.1 Å². The maximum absolute atomic E-state index is 14.0. The van der Waals surface area contributed by atoms with Crippen molar-refractivity contribution < 1.29 is 27.5 Å². The van der Waals surface area contributed by atoms with Crippen LogP contribution in [0.1, 0.15) is 18.1 Å². The molecule has 202 valence electrons. The summed E-state index contributed by atoms with van der Waals surface area (Å²) in [5.41, 5.74) is 1.82. The topological polar surface area (TPSA) is 105 Å². The monoisotopic (exact) mass is 539 g/mol. The van der Waals surface area contributed by atoms with Crippen molar-refractivity contribution in [3.63, 3.8) is 0 Å². The summed E-state index contributed by atoms with van der Waals surface area (Å²) in [7, 11) is 0.130. The molecule has 0 fully saturated rings. The Morgan fingerprint density at radius 2 is 1.61 bits per heavy atom. The van der Waals surface area contributed by atoms with Crippen LogP contribution in [0.2, 0.25) is 0 Å². The van der Waals surface area contributed by atoms with E-state index in [4.69, 9.17) is 9.47 Å². The molecule has 3 rings (SSSR count). The van der Waals surface area contributed by atoms with Crippen molar-refractivity contribution >= 4 is 27.5 Å². The second kappa shape index (κ2) is 12.5. The van der Waals surface area contributed by atoms with Gasteiger partial charge in [-0.1, -0.05) is 48.0 Å². The molecule has 0 saturated heterocycles. The molecule has 38 heavy (non-hydrogen) atoms. The van der Waals surface area contributed by atoms with Crippen molar-refractivity contribution in [1.82, 2.24) is 10.2 Å². The van der Waals surface area contributed by atoms with Crippen LogP contribution in [0, 0.1) is 6.92 Å². The van der Waals surface area contributed by atoms with E-state index in [1.54, 1.807) is 31.2 Å². The van der Waals surface area contributed by atoms with E-state index in [1.807, 2.05) is 37.3 Å². The standard InChI is InChI=1S/C28H33N3O6S/c1-20-11-14-24(15-12-20)38(34,35)31(25-17-23(36-4)13-16-26(25)37-5)19-27(32)30(21(2)28(33)29-3)18-22-9-7-6-8-10-22/h6-17,21H,18-19H2,1-5H3,(H,29,33)/t21-/m1/s1. The molecule has 3 aromatic rings. The molecule has 3 aromatic carbocycles. The van der Waals surface area contributed by atoms with Crippen molar-refractivity contribution in [3.8, 4) is 11.5 Å². The third kappa shape index (κ3) is 6.44. The van der Waals surface area contributed by atoms with Gasteiger partial charge in [0.2, 0.25) is 11.8 Å². The predicted molar refractivity (Wildman–Crippen MR) is 146 cm³/mol. The number of nitrogens with one attached hydrogen (secondary N) is 1. The molecule has 0 aromatic heterocycles. The van der Waals surface area contributed by atoms with E-state index in [2.05, 4.69) is 5.32 Å². The normalized spacial score (nSPS) is 11.8. The highest BCUT2D eigenvalue weighted by atomic mass is 32.2. The van der Waals surface area contributed by atoms with E-state index < -0.39 is 28.5 Å². The second-order valence-electron chi connectivity index (χ2n) is 8.66. The molecular formula is C28H33N3O6S. The lowest BCUT2D eigenvalue weighted by Gasteiger charge is -2.32. The summed E-state index contributed by atoms with van der Waals surface area (Å²) in [4.78, 5) is 27.8. The van der Waals surface area contributed by atoms with Crippen LogP contribution in [0.15, 0.2) is 77.7 Å². The molecular weight excluding hydrogens is 506 g/mol. The molecule has 0 bridgehead atoms. The molecule has 10 heteroatoms. The molecule has 1 atom stereocenters. The second-order valence-corrected chi connectivity index (χ2v) is 10.5. The maximum atomic E-state index is 14.0. The van der Waals surface area contributed by atoms with E-state index in [9.17, 15) is 18.0 Å². The van der Waals surface area contributed by atoms with Gasteiger partial charge in [0, 0.05) is 19.7 Å². The van der Waals surface area contributed by atoms with Crippen LogP contribution in [0.25, 0.3) is 0 Å². The highest BCUT2D eigenvalue weighted by Crippen LogP contribution is 2.36. The average Bonchev–Trinajstić information content (AvgIpc) is 2.94. The number of hydrogen-bond acceptors (Lipinski definition) is 6. The fraction of sp³-hybridized carbons (Fsp3) is 0.286. The van der Waals surface area contributed by atoms with Crippen LogP contribution in [-0.4, -0.2) is 59.0 Å². The van der Waals surface area contributed by atoms with Gasteiger partial charge in [-0.3, -0.25) is 13.9 Å². The number of anilines is 1. The number of methoxy groups -OCH3 is 2. The van der Waals surface area contributed by atoms with Gasteiger partial charge in [0.25, 0.3) is 10.0 Å². The first-order valence-corrected chi connectivity index (χ1v) is 13.4. The van der Waals surface area contributed by atoms with Crippen LogP contribution >= 0.6 is 0 Å². The summed E-state index contributed by atoms with van der Waals surface area (Å²) in [5.74, 6) is -0.313. The number of likely N-dealkylation sites (N-methyl/N-ethyl adjacent to an activating group) is 1. The zero-order valence-corrected chi connectivity index (χ0v) is 23.0. The lowest BCUT2D eigenvalue weighted by atomic mass is 10.1. The summed E-state index contributed by atoms with van der Waals surface area (Å²) >= 11 is 0. The lowest BCUT2D eigenvalue weighted by Crippen LogP contribution is -2.50. The Hall–Kier alpha value is -4.05. The highest BCUT2D eigenvalue weighted by Gasteiger charge is 2.34. The Bertz CT molecular complexity index is 1360. The third-order valence-corrected chi connectivity index (χ3v) is 7.93. The Morgan fingerprint density at radius 1 is 0.947 bits per heavy atom. The highest BCUT2D eigenvalue weighted by molar-refractivity contribution is 7.92. The van der Waals surface area contributed by atoms with Gasteiger partial charge in [-0.2, -0.15) is 0 Å². The van der Waals surface area contributed by atoms with E-state index in [0.717, 1.165) is 15.4 Å². The first-order chi connectivity index (χ1) is 18.1. The smallest absolute Gasteiger partial charge is 0.264 e. The Morgan fingerprint density at radius 3 is 2.18 bits per heavy atom. The van der Waals surface area contributed by atoms with E-state index in [0.29, 0.717) is 5.75 Å². The van der Waals surface area contributed by atoms with Crippen molar-refractivity contribution in [2.45, 2.75) is 31.3 Å². The summed E-state index contributed by atoms with van der Waals surface area (Å²) in [5, 5.41) is 2.56. The van der Waals surface area contributed by atoms with Crippen molar-refractivity contribution in [2.24, 2.45) is 0 Å². The third-order valence-electron chi connectivity index (χ3n) is 6.15. The van der Waals surface area contributed by atoms with Crippen LogP contribution < -0.4 is 19.1 Å². The lowest BCUT2D eigenvalue weighted by molar-refractivity contribution is -0.139. The number of aryl methyl sites for hydroxylation is 1. The number of hydrogen-bond donors (Lipinski definition) is 1. The fourth-order valence-electron chi connectivity index (χ4n) is 3.91. The maximum Gasteiger partial charge on any atom is 0.264 e.